The van der Waals surface area contributed by atoms with Crippen LogP contribution >= 0.6 is 11.3 Å². The van der Waals surface area contributed by atoms with Crippen LogP contribution in [0.5, 0.6) is 0 Å². The first-order chi connectivity index (χ1) is 8.75. The maximum atomic E-state index is 9.51. The van der Waals surface area contributed by atoms with Gasteiger partial charge in [-0.25, -0.2) is 4.98 Å². The monoisotopic (exact) mass is 261 g/mol. The quantitative estimate of drug-likeness (QED) is 0.922. The van der Waals surface area contributed by atoms with Crippen molar-refractivity contribution in [1.29, 1.82) is 0 Å². The fourth-order valence-electron chi connectivity index (χ4n) is 2.13. The average Bonchev–Trinajstić information content (AvgIpc) is 2.79. The van der Waals surface area contributed by atoms with Gasteiger partial charge in [0.2, 0.25) is 0 Å². The van der Waals surface area contributed by atoms with Crippen molar-refractivity contribution in [3.63, 3.8) is 0 Å². The van der Waals surface area contributed by atoms with Gasteiger partial charge in [0, 0.05) is 10.9 Å². The van der Waals surface area contributed by atoms with Crippen LogP contribution in [0, 0.1) is 6.92 Å². The minimum Gasteiger partial charge on any atom is -0.395 e. The molecule has 4 heteroatoms. The first-order valence-electron chi connectivity index (χ1n) is 5.96. The Labute approximate surface area is 110 Å². The highest BCUT2D eigenvalue weighted by molar-refractivity contribution is 7.10. The molecule has 0 amide bonds. The molecule has 1 fully saturated rings. The Morgan fingerprint density at radius 2 is 2.17 bits per heavy atom. The van der Waals surface area contributed by atoms with E-state index in [4.69, 9.17) is 4.74 Å². The maximum absolute atomic E-state index is 9.51. The van der Waals surface area contributed by atoms with Gasteiger partial charge >= 0.3 is 0 Å². The van der Waals surface area contributed by atoms with Crippen molar-refractivity contribution in [1.82, 2.24) is 4.98 Å². The lowest BCUT2D eigenvalue weighted by molar-refractivity contribution is -0.0841. The van der Waals surface area contributed by atoms with E-state index in [1.165, 1.54) is 5.56 Å². The molecule has 2 aromatic rings. The van der Waals surface area contributed by atoms with Crippen molar-refractivity contribution in [2.75, 3.05) is 19.8 Å². The number of aromatic nitrogens is 1. The smallest absolute Gasteiger partial charge is 0.106 e. The van der Waals surface area contributed by atoms with Gasteiger partial charge in [0.25, 0.3) is 0 Å². The number of thiazole rings is 1. The molecule has 0 radical (unpaired) electrons. The van der Waals surface area contributed by atoms with E-state index in [1.807, 2.05) is 12.1 Å². The second kappa shape index (κ2) is 4.46. The zero-order valence-corrected chi connectivity index (χ0v) is 11.0. The summed E-state index contributed by atoms with van der Waals surface area (Å²) in [6.45, 7) is 3.34. The number of benzene rings is 1. The van der Waals surface area contributed by atoms with E-state index < -0.39 is 0 Å². The summed E-state index contributed by atoms with van der Waals surface area (Å²) in [5.41, 5.74) is 3.12. The predicted octanol–water partition coefficient (Wildman–Crippen LogP) is 2.38. The summed E-state index contributed by atoms with van der Waals surface area (Å²) >= 11 is 1.61. The Morgan fingerprint density at radius 1 is 1.39 bits per heavy atom. The van der Waals surface area contributed by atoms with E-state index in [0.717, 1.165) is 16.3 Å². The van der Waals surface area contributed by atoms with E-state index in [-0.39, 0.29) is 12.0 Å². The molecule has 1 N–H and O–H groups in total. The van der Waals surface area contributed by atoms with Crippen molar-refractivity contribution in [3.8, 4) is 11.3 Å². The SMILES string of the molecule is Cc1ccccc1-c1csc(C2(CO)COC2)n1. The molecule has 0 spiro atoms. The van der Waals surface area contributed by atoms with E-state index >= 15 is 0 Å². The topological polar surface area (TPSA) is 42.4 Å². The number of nitrogens with zero attached hydrogens (tertiary/aromatic N) is 1. The van der Waals surface area contributed by atoms with Crippen LogP contribution in [0.25, 0.3) is 11.3 Å². The first kappa shape index (κ1) is 11.8. The normalized spacial score (nSPS) is 17.4. The van der Waals surface area contributed by atoms with Crippen LogP contribution in [0.15, 0.2) is 29.6 Å². The lowest BCUT2D eigenvalue weighted by Gasteiger charge is -2.37. The molecule has 1 aromatic carbocycles. The van der Waals surface area contributed by atoms with Gasteiger partial charge in [0.1, 0.15) is 5.01 Å². The van der Waals surface area contributed by atoms with Crippen molar-refractivity contribution >= 4 is 11.3 Å². The van der Waals surface area contributed by atoms with Crippen LogP contribution < -0.4 is 0 Å². The van der Waals surface area contributed by atoms with Crippen LogP contribution in [0.2, 0.25) is 0 Å². The average molecular weight is 261 g/mol. The first-order valence-corrected chi connectivity index (χ1v) is 6.84. The Kier molecular flexibility index (Phi) is 2.93. The standard InChI is InChI=1S/C14H15NO2S/c1-10-4-2-3-5-11(10)12-6-18-13(15-12)14(7-16)8-17-9-14/h2-6,16H,7-9H2,1H3. The summed E-state index contributed by atoms with van der Waals surface area (Å²) in [5, 5.41) is 12.6. The molecule has 0 saturated carbocycles. The second-order valence-corrected chi connectivity index (χ2v) is 5.64. The maximum Gasteiger partial charge on any atom is 0.106 e. The third-order valence-corrected chi connectivity index (χ3v) is 4.53. The Morgan fingerprint density at radius 3 is 2.78 bits per heavy atom. The highest BCUT2D eigenvalue weighted by Crippen LogP contribution is 2.36. The summed E-state index contributed by atoms with van der Waals surface area (Å²) in [4.78, 5) is 4.68. The zero-order valence-electron chi connectivity index (χ0n) is 10.2. The second-order valence-electron chi connectivity index (χ2n) is 4.78. The van der Waals surface area contributed by atoms with E-state index in [2.05, 4.69) is 29.4 Å². The molecular formula is C14H15NO2S. The van der Waals surface area contributed by atoms with E-state index in [9.17, 15) is 5.11 Å². The minimum absolute atomic E-state index is 0.105. The van der Waals surface area contributed by atoms with Gasteiger partial charge in [-0.3, -0.25) is 0 Å². The van der Waals surface area contributed by atoms with Gasteiger partial charge in [0.15, 0.2) is 0 Å². The third kappa shape index (κ3) is 1.77. The molecule has 18 heavy (non-hydrogen) atoms. The summed E-state index contributed by atoms with van der Waals surface area (Å²) < 4.78 is 5.23. The molecular weight excluding hydrogens is 246 g/mol. The van der Waals surface area contributed by atoms with Crippen molar-refractivity contribution in [3.05, 3.63) is 40.2 Å². The molecule has 2 heterocycles. The molecule has 0 aliphatic carbocycles. The highest BCUT2D eigenvalue weighted by atomic mass is 32.1. The van der Waals surface area contributed by atoms with E-state index in [0.29, 0.717) is 13.2 Å². The molecule has 1 aromatic heterocycles. The molecule has 0 bridgehead atoms. The fraction of sp³-hybridized carbons (Fsp3) is 0.357. The number of hydrogen-bond acceptors (Lipinski definition) is 4. The summed E-state index contributed by atoms with van der Waals surface area (Å²) in [5.74, 6) is 0. The minimum atomic E-state index is -0.258. The molecule has 1 aliphatic rings. The Balaban J connectivity index is 1.97. The van der Waals surface area contributed by atoms with Crippen LogP contribution in [0.1, 0.15) is 10.6 Å². The molecule has 1 saturated heterocycles. The number of ether oxygens (including phenoxy) is 1. The van der Waals surface area contributed by atoms with Crippen molar-refractivity contribution in [2.24, 2.45) is 0 Å². The summed E-state index contributed by atoms with van der Waals surface area (Å²) in [6.07, 6.45) is 0. The number of hydrogen-bond donors (Lipinski definition) is 1. The molecule has 1 aliphatic heterocycles. The lowest BCUT2D eigenvalue weighted by atomic mass is 9.88. The van der Waals surface area contributed by atoms with Crippen LogP contribution in [-0.4, -0.2) is 29.9 Å². The highest BCUT2D eigenvalue weighted by Gasteiger charge is 2.42. The predicted molar refractivity (Wildman–Crippen MR) is 71.9 cm³/mol. The van der Waals surface area contributed by atoms with Gasteiger partial charge < -0.3 is 9.84 Å². The Hall–Kier alpha value is -1.23. The van der Waals surface area contributed by atoms with Crippen LogP contribution in [0.3, 0.4) is 0 Å². The van der Waals surface area contributed by atoms with Crippen LogP contribution in [0.4, 0.5) is 0 Å². The van der Waals surface area contributed by atoms with E-state index in [1.54, 1.807) is 11.3 Å². The third-order valence-electron chi connectivity index (χ3n) is 3.44. The molecule has 3 rings (SSSR count). The van der Waals surface area contributed by atoms with Crippen LogP contribution in [-0.2, 0) is 10.2 Å². The fourth-order valence-corrected chi connectivity index (χ4v) is 3.12. The lowest BCUT2D eigenvalue weighted by Crippen LogP contribution is -2.49. The largest absolute Gasteiger partial charge is 0.395 e. The molecule has 0 atom stereocenters. The molecule has 3 nitrogen and oxygen atoms in total. The van der Waals surface area contributed by atoms with Crippen molar-refractivity contribution < 1.29 is 9.84 Å². The van der Waals surface area contributed by atoms with Crippen molar-refractivity contribution in [2.45, 2.75) is 12.3 Å². The van der Waals surface area contributed by atoms with Gasteiger partial charge in [0.05, 0.1) is 30.9 Å². The number of rotatable bonds is 3. The number of aliphatic hydroxyl groups is 1. The summed E-state index contributed by atoms with van der Waals surface area (Å²) in [6, 6.07) is 8.22. The van der Waals surface area contributed by atoms with Gasteiger partial charge in [-0.15, -0.1) is 11.3 Å². The number of aryl methyl sites for hydroxylation is 1. The number of aliphatic hydroxyl groups excluding tert-OH is 1. The molecule has 0 unspecified atom stereocenters. The molecule has 94 valence electrons. The van der Waals surface area contributed by atoms with Gasteiger partial charge in [-0.05, 0) is 12.5 Å². The Bertz CT molecular complexity index is 555. The van der Waals surface area contributed by atoms with Gasteiger partial charge in [-0.2, -0.15) is 0 Å². The zero-order chi connectivity index (χ0) is 12.6. The summed E-state index contributed by atoms with van der Waals surface area (Å²) in [7, 11) is 0. The van der Waals surface area contributed by atoms with Gasteiger partial charge in [-0.1, -0.05) is 24.3 Å².